The largest absolute Gasteiger partial charge is 0.478 e. The van der Waals surface area contributed by atoms with Crippen LogP contribution in [0.4, 0.5) is 0 Å². The number of carbonyl (C=O) groups is 2. The van der Waals surface area contributed by atoms with E-state index in [1.165, 1.54) is 18.2 Å². The number of nitrogens with one attached hydrogen (secondary N) is 1. The predicted octanol–water partition coefficient (Wildman–Crippen LogP) is 2.72. The first-order chi connectivity index (χ1) is 10.1. The topological polar surface area (TPSA) is 66.4 Å². The van der Waals surface area contributed by atoms with Crippen molar-refractivity contribution in [1.29, 1.82) is 0 Å². The standard InChI is InChI=1S/C16H19NO3S/c1-11-4-5-12(6-7-15(18)19)9-14(11)16(20)17-10-13-3-2-8-21-13/h4-7,9,13H,2-3,8,10H2,1H3,(H,17,20)(H,18,19)/b7-6+. The molecule has 1 fully saturated rings. The van der Waals surface area contributed by atoms with Gasteiger partial charge in [0.1, 0.15) is 0 Å². The molecule has 1 aliphatic heterocycles. The lowest BCUT2D eigenvalue weighted by molar-refractivity contribution is -0.131. The highest BCUT2D eigenvalue weighted by atomic mass is 32.2. The zero-order valence-electron chi connectivity index (χ0n) is 12.0. The molecule has 21 heavy (non-hydrogen) atoms. The van der Waals surface area contributed by atoms with Gasteiger partial charge < -0.3 is 10.4 Å². The Morgan fingerprint density at radius 1 is 1.48 bits per heavy atom. The van der Waals surface area contributed by atoms with Crippen LogP contribution in [0.2, 0.25) is 0 Å². The van der Waals surface area contributed by atoms with Crippen molar-refractivity contribution in [3.05, 3.63) is 41.0 Å². The molecule has 1 saturated heterocycles. The van der Waals surface area contributed by atoms with Gasteiger partial charge in [0, 0.05) is 23.4 Å². The third kappa shape index (κ3) is 4.63. The highest BCUT2D eigenvalue weighted by molar-refractivity contribution is 8.00. The zero-order chi connectivity index (χ0) is 15.2. The first-order valence-electron chi connectivity index (χ1n) is 6.97. The number of aliphatic carboxylic acids is 1. The Balaban J connectivity index is 2.04. The smallest absolute Gasteiger partial charge is 0.328 e. The van der Waals surface area contributed by atoms with Crippen molar-refractivity contribution in [3.63, 3.8) is 0 Å². The number of carboxylic acid groups (broad SMARTS) is 1. The zero-order valence-corrected chi connectivity index (χ0v) is 12.8. The van der Waals surface area contributed by atoms with Gasteiger partial charge in [0.05, 0.1) is 0 Å². The summed E-state index contributed by atoms with van der Waals surface area (Å²) in [5.41, 5.74) is 2.20. The second-order valence-electron chi connectivity index (χ2n) is 5.09. The summed E-state index contributed by atoms with van der Waals surface area (Å²) >= 11 is 1.91. The van der Waals surface area contributed by atoms with E-state index in [4.69, 9.17) is 5.11 Å². The van der Waals surface area contributed by atoms with Crippen molar-refractivity contribution in [2.45, 2.75) is 25.0 Å². The average Bonchev–Trinajstić information content (AvgIpc) is 2.97. The van der Waals surface area contributed by atoms with Crippen molar-refractivity contribution in [2.24, 2.45) is 0 Å². The third-order valence-corrected chi connectivity index (χ3v) is 4.84. The third-order valence-electron chi connectivity index (χ3n) is 3.44. The van der Waals surface area contributed by atoms with Crippen LogP contribution < -0.4 is 5.32 Å². The Morgan fingerprint density at radius 3 is 2.95 bits per heavy atom. The van der Waals surface area contributed by atoms with Gasteiger partial charge in [-0.25, -0.2) is 4.79 Å². The highest BCUT2D eigenvalue weighted by Crippen LogP contribution is 2.25. The Kier molecular flexibility index (Phi) is 5.44. The lowest BCUT2D eigenvalue weighted by atomic mass is 10.0. The molecule has 112 valence electrons. The molecular weight excluding hydrogens is 286 g/mol. The van der Waals surface area contributed by atoms with E-state index in [-0.39, 0.29) is 5.91 Å². The van der Waals surface area contributed by atoms with E-state index in [1.54, 1.807) is 12.1 Å². The van der Waals surface area contributed by atoms with Crippen molar-refractivity contribution < 1.29 is 14.7 Å². The Hall–Kier alpha value is -1.75. The number of carboxylic acids is 1. The van der Waals surface area contributed by atoms with Crippen molar-refractivity contribution in [3.8, 4) is 0 Å². The number of thioether (sulfide) groups is 1. The number of hydrogen-bond donors (Lipinski definition) is 2. The van der Waals surface area contributed by atoms with Gasteiger partial charge in [-0.2, -0.15) is 11.8 Å². The van der Waals surface area contributed by atoms with E-state index in [0.29, 0.717) is 22.9 Å². The molecule has 1 aromatic carbocycles. The normalized spacial score (nSPS) is 18.0. The van der Waals surface area contributed by atoms with Crippen LogP contribution in [0.3, 0.4) is 0 Å². The monoisotopic (exact) mass is 305 g/mol. The second-order valence-corrected chi connectivity index (χ2v) is 6.50. The fourth-order valence-electron chi connectivity index (χ4n) is 2.26. The Labute approximate surface area is 128 Å². The molecule has 0 radical (unpaired) electrons. The summed E-state index contributed by atoms with van der Waals surface area (Å²) in [5, 5.41) is 12.1. The molecule has 4 nitrogen and oxygen atoms in total. The van der Waals surface area contributed by atoms with Crippen LogP contribution in [0, 0.1) is 6.92 Å². The van der Waals surface area contributed by atoms with Crippen LogP contribution in [0.5, 0.6) is 0 Å². The van der Waals surface area contributed by atoms with E-state index in [1.807, 2.05) is 24.8 Å². The average molecular weight is 305 g/mol. The first-order valence-corrected chi connectivity index (χ1v) is 8.02. The summed E-state index contributed by atoms with van der Waals surface area (Å²) in [6.45, 7) is 2.57. The maximum absolute atomic E-state index is 12.3. The number of benzene rings is 1. The quantitative estimate of drug-likeness (QED) is 0.821. The molecule has 1 heterocycles. The van der Waals surface area contributed by atoms with Crippen LogP contribution in [-0.4, -0.2) is 34.5 Å². The van der Waals surface area contributed by atoms with E-state index < -0.39 is 5.97 Å². The summed E-state index contributed by atoms with van der Waals surface area (Å²) in [6, 6.07) is 5.37. The van der Waals surface area contributed by atoms with Crippen molar-refractivity contribution in [1.82, 2.24) is 5.32 Å². The van der Waals surface area contributed by atoms with Gasteiger partial charge in [0.15, 0.2) is 0 Å². The van der Waals surface area contributed by atoms with Crippen LogP contribution >= 0.6 is 11.8 Å². The highest BCUT2D eigenvalue weighted by Gasteiger charge is 2.17. The van der Waals surface area contributed by atoms with Gasteiger partial charge in [0.25, 0.3) is 5.91 Å². The number of amides is 1. The minimum atomic E-state index is -1.00. The van der Waals surface area contributed by atoms with Gasteiger partial charge in [-0.15, -0.1) is 0 Å². The summed E-state index contributed by atoms with van der Waals surface area (Å²) in [4.78, 5) is 22.8. The van der Waals surface area contributed by atoms with E-state index in [9.17, 15) is 9.59 Å². The molecule has 5 heteroatoms. The summed E-state index contributed by atoms with van der Waals surface area (Å²) in [7, 11) is 0. The van der Waals surface area contributed by atoms with Gasteiger partial charge in [-0.05, 0) is 48.8 Å². The number of hydrogen-bond acceptors (Lipinski definition) is 3. The predicted molar refractivity (Wildman–Crippen MR) is 85.7 cm³/mol. The molecule has 1 amide bonds. The molecule has 0 aliphatic carbocycles. The molecule has 0 saturated carbocycles. The molecular formula is C16H19NO3S. The summed E-state index contributed by atoms with van der Waals surface area (Å²) in [6.07, 6.45) is 4.94. The van der Waals surface area contributed by atoms with E-state index >= 15 is 0 Å². The molecule has 0 bridgehead atoms. The van der Waals surface area contributed by atoms with Crippen LogP contribution in [0.25, 0.3) is 6.08 Å². The number of aryl methyl sites for hydroxylation is 1. The van der Waals surface area contributed by atoms with E-state index in [2.05, 4.69) is 5.32 Å². The molecule has 0 spiro atoms. The van der Waals surface area contributed by atoms with Crippen molar-refractivity contribution >= 4 is 29.7 Å². The fourth-order valence-corrected chi connectivity index (χ4v) is 3.46. The maximum Gasteiger partial charge on any atom is 0.328 e. The SMILES string of the molecule is Cc1ccc(/C=C/C(=O)O)cc1C(=O)NCC1CCCS1. The first kappa shape index (κ1) is 15.6. The second kappa shape index (κ2) is 7.31. The maximum atomic E-state index is 12.3. The number of rotatable bonds is 5. The molecule has 2 N–H and O–H groups in total. The van der Waals surface area contributed by atoms with Gasteiger partial charge in [-0.1, -0.05) is 12.1 Å². The van der Waals surface area contributed by atoms with Gasteiger partial charge >= 0.3 is 5.97 Å². The summed E-state index contributed by atoms with van der Waals surface area (Å²) < 4.78 is 0. The molecule has 0 aromatic heterocycles. The Bertz CT molecular complexity index is 563. The van der Waals surface area contributed by atoms with E-state index in [0.717, 1.165) is 18.1 Å². The lowest BCUT2D eigenvalue weighted by Gasteiger charge is -2.12. The minimum absolute atomic E-state index is 0.0921. The molecule has 1 unspecified atom stereocenters. The van der Waals surface area contributed by atoms with Gasteiger partial charge in [-0.3, -0.25) is 4.79 Å². The molecule has 2 rings (SSSR count). The molecule has 1 aliphatic rings. The van der Waals surface area contributed by atoms with Crippen LogP contribution in [0.15, 0.2) is 24.3 Å². The number of carbonyl (C=O) groups excluding carboxylic acids is 1. The lowest BCUT2D eigenvalue weighted by Crippen LogP contribution is -2.30. The molecule has 1 atom stereocenters. The fraction of sp³-hybridized carbons (Fsp3) is 0.375. The van der Waals surface area contributed by atoms with Gasteiger partial charge in [0.2, 0.25) is 0 Å². The Morgan fingerprint density at radius 2 is 2.29 bits per heavy atom. The molecule has 1 aromatic rings. The van der Waals surface area contributed by atoms with Crippen LogP contribution in [-0.2, 0) is 4.79 Å². The van der Waals surface area contributed by atoms with Crippen LogP contribution in [0.1, 0.15) is 34.3 Å². The van der Waals surface area contributed by atoms with Crippen molar-refractivity contribution in [2.75, 3.05) is 12.3 Å². The summed E-state index contributed by atoms with van der Waals surface area (Å²) in [5.74, 6) is 0.0834. The minimum Gasteiger partial charge on any atom is -0.478 e.